The van der Waals surface area contributed by atoms with Gasteiger partial charge in [0.15, 0.2) is 0 Å². The lowest BCUT2D eigenvalue weighted by Crippen LogP contribution is -2.06. The van der Waals surface area contributed by atoms with E-state index in [4.69, 9.17) is 4.74 Å². The smallest absolute Gasteiger partial charge is 0.306 e. The molecular weight excluding hydrogens is 381 g/mol. The highest BCUT2D eigenvalue weighted by Crippen LogP contribution is 2.22. The van der Waals surface area contributed by atoms with Crippen molar-refractivity contribution in [2.45, 2.75) is 19.4 Å². The number of para-hydroxylation sites is 1. The maximum Gasteiger partial charge on any atom is 0.306 e. The average Bonchev–Trinajstić information content (AvgIpc) is 2.95. The Bertz CT molecular complexity index is 816. The van der Waals surface area contributed by atoms with Crippen LogP contribution in [0.2, 0.25) is 0 Å². The van der Waals surface area contributed by atoms with Crippen molar-refractivity contribution >= 4 is 43.5 Å². The summed E-state index contributed by atoms with van der Waals surface area (Å²) in [5.41, 5.74) is 1.30. The van der Waals surface area contributed by atoms with E-state index in [-0.39, 0.29) is 19.0 Å². The van der Waals surface area contributed by atoms with Crippen LogP contribution in [0.3, 0.4) is 0 Å². The number of esters is 1. The molecule has 0 fully saturated rings. The largest absolute Gasteiger partial charge is 0.461 e. The van der Waals surface area contributed by atoms with Gasteiger partial charge in [-0.1, -0.05) is 34.1 Å². The van der Waals surface area contributed by atoms with Gasteiger partial charge in [0.1, 0.15) is 12.4 Å². The van der Waals surface area contributed by atoms with Crippen molar-refractivity contribution in [3.63, 3.8) is 0 Å². The molecule has 3 rings (SSSR count). The van der Waals surface area contributed by atoms with Crippen LogP contribution in [-0.4, -0.2) is 11.0 Å². The van der Waals surface area contributed by atoms with Crippen LogP contribution in [0.15, 0.2) is 46.9 Å². The first-order chi connectivity index (χ1) is 11.1. The zero-order valence-corrected chi connectivity index (χ0v) is 14.5. The highest BCUT2D eigenvalue weighted by Gasteiger charge is 2.10. The van der Waals surface area contributed by atoms with Crippen molar-refractivity contribution in [2.24, 2.45) is 0 Å². The van der Waals surface area contributed by atoms with Gasteiger partial charge >= 0.3 is 5.97 Å². The van der Waals surface area contributed by atoms with E-state index in [1.807, 2.05) is 24.3 Å². The molecule has 0 spiro atoms. The number of benzene rings is 2. The van der Waals surface area contributed by atoms with E-state index in [0.717, 1.165) is 15.2 Å². The fourth-order valence-electron chi connectivity index (χ4n) is 2.11. The average molecular weight is 394 g/mol. The zero-order chi connectivity index (χ0) is 16.2. The minimum Gasteiger partial charge on any atom is -0.461 e. The molecule has 0 N–H and O–H groups in total. The van der Waals surface area contributed by atoms with E-state index in [2.05, 4.69) is 20.9 Å². The van der Waals surface area contributed by atoms with E-state index in [1.54, 1.807) is 23.5 Å². The van der Waals surface area contributed by atoms with E-state index < -0.39 is 5.82 Å². The third kappa shape index (κ3) is 4.14. The molecule has 0 saturated carbocycles. The summed E-state index contributed by atoms with van der Waals surface area (Å²) in [6, 6.07) is 12.5. The van der Waals surface area contributed by atoms with Crippen LogP contribution in [-0.2, 0) is 22.6 Å². The van der Waals surface area contributed by atoms with Crippen molar-refractivity contribution in [3.8, 4) is 0 Å². The Morgan fingerprint density at radius 3 is 2.87 bits per heavy atom. The predicted octanol–water partition coefficient (Wildman–Crippen LogP) is 4.87. The molecule has 0 saturated heterocycles. The molecule has 0 radical (unpaired) electrons. The summed E-state index contributed by atoms with van der Waals surface area (Å²) in [5, 5.41) is 0.901. The maximum atomic E-state index is 13.6. The summed E-state index contributed by atoms with van der Waals surface area (Å²) in [6.07, 6.45) is 0.763. The molecule has 0 aliphatic heterocycles. The fourth-order valence-corrected chi connectivity index (χ4v) is 3.40. The Hall–Kier alpha value is -1.79. The van der Waals surface area contributed by atoms with Gasteiger partial charge in [-0.05, 0) is 24.3 Å². The van der Waals surface area contributed by atoms with Gasteiger partial charge in [0, 0.05) is 16.5 Å². The summed E-state index contributed by atoms with van der Waals surface area (Å²) in [4.78, 5) is 16.3. The number of carbonyl (C=O) groups excluding carboxylic acids is 1. The quantitative estimate of drug-likeness (QED) is 0.580. The second-order valence-electron chi connectivity index (χ2n) is 4.97. The van der Waals surface area contributed by atoms with Crippen molar-refractivity contribution in [2.75, 3.05) is 0 Å². The normalized spacial score (nSPS) is 10.9. The third-order valence-corrected chi connectivity index (χ3v) is 4.87. The molecule has 118 valence electrons. The molecule has 0 unspecified atom stereocenters. The first-order valence-electron chi connectivity index (χ1n) is 7.06. The van der Waals surface area contributed by atoms with Gasteiger partial charge in [-0.15, -0.1) is 11.3 Å². The minimum absolute atomic E-state index is 0.0577. The van der Waals surface area contributed by atoms with E-state index in [9.17, 15) is 9.18 Å². The van der Waals surface area contributed by atoms with Gasteiger partial charge < -0.3 is 4.74 Å². The first kappa shape index (κ1) is 16.1. The summed E-state index contributed by atoms with van der Waals surface area (Å²) < 4.78 is 20.5. The Morgan fingerprint density at radius 1 is 1.26 bits per heavy atom. The number of hydrogen-bond acceptors (Lipinski definition) is 4. The molecule has 0 aliphatic carbocycles. The Morgan fingerprint density at radius 2 is 2.09 bits per heavy atom. The summed E-state index contributed by atoms with van der Waals surface area (Å²) in [5.74, 6) is -0.745. The molecule has 0 atom stereocenters. The number of nitrogens with zero attached hydrogens (tertiary/aromatic N) is 1. The predicted molar refractivity (Wildman–Crippen MR) is 91.8 cm³/mol. The molecule has 1 aromatic heterocycles. The lowest BCUT2D eigenvalue weighted by atomic mass is 10.2. The Labute approximate surface area is 145 Å². The molecule has 2 aromatic carbocycles. The van der Waals surface area contributed by atoms with Crippen LogP contribution in [0, 0.1) is 5.82 Å². The monoisotopic (exact) mass is 393 g/mol. The molecule has 0 amide bonds. The lowest BCUT2D eigenvalue weighted by Gasteiger charge is -2.05. The second kappa shape index (κ2) is 7.19. The van der Waals surface area contributed by atoms with Gasteiger partial charge in [-0.25, -0.2) is 9.37 Å². The molecule has 3 aromatic rings. The number of ether oxygens (including phenoxy) is 1. The number of rotatable bonds is 5. The standard InChI is InChI=1S/C17H13BrFNO2S/c18-12-6-5-11(13(19)9-12)10-22-17(21)8-7-16-20-14-3-1-2-4-15(14)23-16/h1-6,9H,7-8,10H2. The zero-order valence-electron chi connectivity index (χ0n) is 12.1. The topological polar surface area (TPSA) is 39.2 Å². The number of aromatic nitrogens is 1. The minimum atomic E-state index is -0.390. The van der Waals surface area contributed by atoms with Crippen molar-refractivity contribution < 1.29 is 13.9 Å². The highest BCUT2D eigenvalue weighted by molar-refractivity contribution is 9.10. The third-order valence-electron chi connectivity index (χ3n) is 3.28. The van der Waals surface area contributed by atoms with Gasteiger partial charge in [-0.2, -0.15) is 0 Å². The van der Waals surface area contributed by atoms with Crippen LogP contribution < -0.4 is 0 Å². The Kier molecular flexibility index (Phi) is 5.03. The van der Waals surface area contributed by atoms with E-state index in [0.29, 0.717) is 16.5 Å². The van der Waals surface area contributed by atoms with Crippen molar-refractivity contribution in [1.82, 2.24) is 4.98 Å². The summed E-state index contributed by atoms with van der Waals surface area (Å²) >= 11 is 4.76. The fraction of sp³-hybridized carbons (Fsp3) is 0.176. The van der Waals surface area contributed by atoms with E-state index >= 15 is 0 Å². The highest BCUT2D eigenvalue weighted by atomic mass is 79.9. The first-order valence-corrected chi connectivity index (χ1v) is 8.67. The van der Waals surface area contributed by atoms with E-state index in [1.165, 1.54) is 6.07 Å². The van der Waals surface area contributed by atoms with Gasteiger partial charge in [0.2, 0.25) is 0 Å². The molecule has 0 aliphatic rings. The second-order valence-corrected chi connectivity index (χ2v) is 7.00. The number of fused-ring (bicyclic) bond motifs is 1. The Balaban J connectivity index is 1.53. The van der Waals surface area contributed by atoms with Crippen LogP contribution in [0.1, 0.15) is 17.0 Å². The van der Waals surface area contributed by atoms with Gasteiger partial charge in [0.25, 0.3) is 0 Å². The van der Waals surface area contributed by atoms with Crippen LogP contribution >= 0.6 is 27.3 Å². The lowest BCUT2D eigenvalue weighted by molar-refractivity contribution is -0.144. The van der Waals surface area contributed by atoms with Crippen LogP contribution in [0.25, 0.3) is 10.2 Å². The number of aryl methyl sites for hydroxylation is 1. The summed E-state index contributed by atoms with van der Waals surface area (Å²) in [6.45, 7) is -0.0577. The molecule has 6 heteroatoms. The molecule has 3 nitrogen and oxygen atoms in total. The maximum absolute atomic E-state index is 13.6. The molecular formula is C17H13BrFNO2S. The van der Waals surface area contributed by atoms with Crippen molar-refractivity contribution in [3.05, 3.63) is 63.3 Å². The molecule has 1 heterocycles. The van der Waals surface area contributed by atoms with Gasteiger partial charge in [0.05, 0.1) is 21.6 Å². The number of halogens is 2. The number of thiazole rings is 1. The van der Waals surface area contributed by atoms with Crippen LogP contribution in [0.5, 0.6) is 0 Å². The molecule has 23 heavy (non-hydrogen) atoms. The number of hydrogen-bond donors (Lipinski definition) is 0. The van der Waals surface area contributed by atoms with Crippen LogP contribution in [0.4, 0.5) is 4.39 Å². The summed E-state index contributed by atoms with van der Waals surface area (Å²) in [7, 11) is 0. The van der Waals surface area contributed by atoms with Gasteiger partial charge in [-0.3, -0.25) is 4.79 Å². The molecule has 0 bridgehead atoms. The van der Waals surface area contributed by atoms with Crippen molar-refractivity contribution in [1.29, 1.82) is 0 Å². The number of carbonyl (C=O) groups is 1. The SMILES string of the molecule is O=C(CCc1nc2ccccc2s1)OCc1ccc(Br)cc1F.